The molecule has 2 aromatic carbocycles. The average Bonchev–Trinajstić information content (AvgIpc) is 3.36. The summed E-state index contributed by atoms with van der Waals surface area (Å²) >= 11 is 0. The number of cyclic esters (lactones) is 1. The number of piperidine rings is 1. The van der Waals surface area contributed by atoms with Gasteiger partial charge in [-0.05, 0) is 55.2 Å². The highest BCUT2D eigenvalue weighted by molar-refractivity contribution is 5.74. The number of methoxy groups -OCH3 is 1. The first-order valence-electron chi connectivity index (χ1n) is 13.3. The van der Waals surface area contributed by atoms with Crippen molar-refractivity contribution in [2.24, 2.45) is 0 Å². The van der Waals surface area contributed by atoms with Crippen molar-refractivity contribution in [2.45, 2.75) is 38.4 Å². The van der Waals surface area contributed by atoms with Crippen LogP contribution in [-0.2, 0) is 20.8 Å². The number of hydrogen-bond donors (Lipinski definition) is 1. The van der Waals surface area contributed by atoms with E-state index in [0.717, 1.165) is 55.0 Å². The molecule has 0 saturated carbocycles. The van der Waals surface area contributed by atoms with Crippen LogP contribution >= 0.6 is 0 Å². The van der Waals surface area contributed by atoms with Crippen LogP contribution in [0, 0.1) is 6.92 Å². The molecule has 3 heterocycles. The number of ether oxygens (including phenoxy) is 3. The lowest BCUT2D eigenvalue weighted by Crippen LogP contribution is -2.46. The normalized spacial score (nSPS) is 18.1. The first kappa shape index (κ1) is 26.5. The molecule has 0 aliphatic carbocycles. The molecule has 2 saturated heterocycles. The minimum atomic E-state index is -0.326. The molecule has 2 fully saturated rings. The first-order valence-corrected chi connectivity index (χ1v) is 13.3. The molecule has 3 aromatic rings. The van der Waals surface area contributed by atoms with Crippen molar-refractivity contribution in [1.82, 2.24) is 14.8 Å². The number of carbonyl (C=O) groups excluding carboxylic acids is 2. The van der Waals surface area contributed by atoms with E-state index in [1.165, 1.54) is 7.11 Å². The first-order chi connectivity index (χ1) is 19.0. The van der Waals surface area contributed by atoms with E-state index in [0.29, 0.717) is 18.2 Å². The van der Waals surface area contributed by atoms with Gasteiger partial charge in [0.1, 0.15) is 18.9 Å². The number of hydrogen-bond acceptors (Lipinski definition) is 8. The number of esters is 1. The number of carbonyl (C=O) groups is 2. The van der Waals surface area contributed by atoms with Gasteiger partial charge in [0.15, 0.2) is 0 Å². The number of nitrogens with one attached hydrogen (secondary N) is 1. The van der Waals surface area contributed by atoms with Gasteiger partial charge in [-0.3, -0.25) is 14.6 Å². The van der Waals surface area contributed by atoms with E-state index >= 15 is 0 Å². The number of anilines is 1. The van der Waals surface area contributed by atoms with Gasteiger partial charge in [0, 0.05) is 43.1 Å². The second kappa shape index (κ2) is 12.2. The molecule has 1 unspecified atom stereocenters. The van der Waals surface area contributed by atoms with E-state index in [-0.39, 0.29) is 30.7 Å². The number of rotatable bonds is 9. The molecule has 5 rings (SSSR count). The number of aromatic nitrogens is 1. The molecular formula is C30H34N4O5. The van der Waals surface area contributed by atoms with Crippen molar-refractivity contribution in [2.75, 3.05) is 38.7 Å². The number of benzene rings is 2. The lowest BCUT2D eigenvalue weighted by molar-refractivity contribution is -0.138. The molecule has 9 nitrogen and oxygen atoms in total. The topological polar surface area (TPSA) is 93.2 Å². The highest BCUT2D eigenvalue weighted by Crippen LogP contribution is 2.33. The Balaban J connectivity index is 1.13. The van der Waals surface area contributed by atoms with Gasteiger partial charge in [0.25, 0.3) is 0 Å². The Hall–Kier alpha value is -4.11. The predicted octanol–water partition coefficient (Wildman–Crippen LogP) is 4.93. The van der Waals surface area contributed by atoms with Crippen molar-refractivity contribution in [3.63, 3.8) is 0 Å². The molecule has 1 atom stereocenters. The van der Waals surface area contributed by atoms with Crippen molar-refractivity contribution in [3.8, 4) is 11.6 Å². The minimum absolute atomic E-state index is 0.0124. The lowest BCUT2D eigenvalue weighted by Gasteiger charge is -2.38. The number of nitrogens with zero attached hydrogens (tertiary/aromatic N) is 3. The standard InChI is InChI=1S/C30H34N4O5/c1-21-23(8-13-28(32-21)39-26-11-9-24(10-12-26)31-18-29(35)37-2)19-33-16-14-25(15-17-33)34-27(20-38-30(34)36)22-6-4-3-5-7-22/h3-13,25,27,31H,14-20H2,1-2H3. The monoisotopic (exact) mass is 530 g/mol. The van der Waals surface area contributed by atoms with E-state index in [2.05, 4.69) is 38.1 Å². The predicted molar refractivity (Wildman–Crippen MR) is 147 cm³/mol. The third kappa shape index (κ3) is 6.49. The Morgan fingerprint density at radius 1 is 1.05 bits per heavy atom. The van der Waals surface area contributed by atoms with Gasteiger partial charge in [0.05, 0.1) is 13.2 Å². The average molecular weight is 531 g/mol. The fraction of sp³-hybridized carbons (Fsp3) is 0.367. The fourth-order valence-electron chi connectivity index (χ4n) is 5.16. The summed E-state index contributed by atoms with van der Waals surface area (Å²) in [5.41, 5.74) is 4.01. The highest BCUT2D eigenvalue weighted by Gasteiger charge is 2.40. The molecule has 1 N–H and O–H groups in total. The number of likely N-dealkylation sites (tertiary alicyclic amines) is 1. The van der Waals surface area contributed by atoms with Crippen LogP contribution in [0.1, 0.15) is 35.7 Å². The van der Waals surface area contributed by atoms with E-state index < -0.39 is 0 Å². The Kier molecular flexibility index (Phi) is 8.27. The highest BCUT2D eigenvalue weighted by atomic mass is 16.6. The van der Waals surface area contributed by atoms with Crippen LogP contribution in [-0.4, -0.2) is 66.2 Å². The zero-order chi connectivity index (χ0) is 27.2. The zero-order valence-corrected chi connectivity index (χ0v) is 22.3. The zero-order valence-electron chi connectivity index (χ0n) is 22.3. The molecular weight excluding hydrogens is 496 g/mol. The largest absolute Gasteiger partial charge is 0.468 e. The van der Waals surface area contributed by atoms with Crippen LogP contribution in [0.3, 0.4) is 0 Å². The Morgan fingerprint density at radius 3 is 2.49 bits per heavy atom. The van der Waals surface area contributed by atoms with E-state index in [9.17, 15) is 9.59 Å². The molecule has 2 aliphatic heterocycles. The Labute approximate surface area is 228 Å². The summed E-state index contributed by atoms with van der Waals surface area (Å²) in [4.78, 5) is 32.9. The molecule has 1 aromatic heterocycles. The van der Waals surface area contributed by atoms with Gasteiger partial charge in [0.2, 0.25) is 5.88 Å². The Bertz CT molecular complexity index is 1280. The third-order valence-corrected chi connectivity index (χ3v) is 7.35. The maximum atomic E-state index is 12.6. The molecule has 1 amide bonds. The van der Waals surface area contributed by atoms with Gasteiger partial charge in [-0.15, -0.1) is 0 Å². The van der Waals surface area contributed by atoms with Crippen LogP contribution < -0.4 is 10.1 Å². The van der Waals surface area contributed by atoms with Gasteiger partial charge in [-0.1, -0.05) is 36.4 Å². The second-order valence-electron chi connectivity index (χ2n) is 9.87. The van der Waals surface area contributed by atoms with Crippen molar-refractivity contribution in [1.29, 1.82) is 0 Å². The molecule has 0 radical (unpaired) electrons. The fourth-order valence-corrected chi connectivity index (χ4v) is 5.16. The summed E-state index contributed by atoms with van der Waals surface area (Å²) in [5, 5.41) is 3.00. The summed E-state index contributed by atoms with van der Waals surface area (Å²) in [7, 11) is 1.36. The van der Waals surface area contributed by atoms with E-state index in [4.69, 9.17) is 9.47 Å². The number of aryl methyl sites for hydroxylation is 1. The van der Waals surface area contributed by atoms with Crippen LogP contribution in [0.15, 0.2) is 66.7 Å². The van der Waals surface area contributed by atoms with E-state index in [1.807, 2.05) is 60.4 Å². The van der Waals surface area contributed by atoms with Gasteiger partial charge < -0.3 is 19.5 Å². The summed E-state index contributed by atoms with van der Waals surface area (Å²) < 4.78 is 16.0. The second-order valence-corrected chi connectivity index (χ2v) is 9.87. The molecule has 2 aliphatic rings. The van der Waals surface area contributed by atoms with Gasteiger partial charge >= 0.3 is 12.1 Å². The maximum absolute atomic E-state index is 12.6. The number of amides is 1. The van der Waals surface area contributed by atoms with Crippen LogP contribution in [0.5, 0.6) is 11.6 Å². The molecule has 0 bridgehead atoms. The molecule has 204 valence electrons. The van der Waals surface area contributed by atoms with E-state index in [1.54, 1.807) is 0 Å². The number of pyridine rings is 1. The lowest BCUT2D eigenvalue weighted by atomic mass is 9.98. The van der Waals surface area contributed by atoms with Crippen LogP contribution in [0.25, 0.3) is 0 Å². The third-order valence-electron chi connectivity index (χ3n) is 7.35. The quantitative estimate of drug-likeness (QED) is 0.390. The summed E-state index contributed by atoms with van der Waals surface area (Å²) in [6, 6.07) is 21.6. The smallest absolute Gasteiger partial charge is 0.410 e. The van der Waals surface area contributed by atoms with Crippen molar-refractivity contribution >= 4 is 17.7 Å². The molecule has 9 heteroatoms. The summed E-state index contributed by atoms with van der Waals surface area (Å²) in [6.45, 7) is 5.14. The van der Waals surface area contributed by atoms with Gasteiger partial charge in [-0.25, -0.2) is 9.78 Å². The van der Waals surface area contributed by atoms with Crippen molar-refractivity contribution < 1.29 is 23.8 Å². The summed E-state index contributed by atoms with van der Waals surface area (Å²) in [6.07, 6.45) is 1.62. The molecule has 0 spiro atoms. The van der Waals surface area contributed by atoms with Crippen LogP contribution in [0.4, 0.5) is 10.5 Å². The Morgan fingerprint density at radius 2 is 1.79 bits per heavy atom. The SMILES string of the molecule is COC(=O)CNc1ccc(Oc2ccc(CN3CCC(N4C(=O)OCC4c4ccccc4)CC3)c(C)n2)cc1. The molecule has 39 heavy (non-hydrogen) atoms. The van der Waals surface area contributed by atoms with Gasteiger partial charge in [-0.2, -0.15) is 0 Å². The maximum Gasteiger partial charge on any atom is 0.410 e. The summed E-state index contributed by atoms with van der Waals surface area (Å²) in [5.74, 6) is 0.867. The van der Waals surface area contributed by atoms with Crippen molar-refractivity contribution in [3.05, 3.63) is 83.6 Å². The van der Waals surface area contributed by atoms with Crippen LogP contribution in [0.2, 0.25) is 0 Å². The minimum Gasteiger partial charge on any atom is -0.468 e.